The molecule has 2 aromatic heterocycles. The molecule has 4 aromatic rings. The minimum atomic E-state index is 0.455. The summed E-state index contributed by atoms with van der Waals surface area (Å²) in [4.78, 5) is 9.12. The van der Waals surface area contributed by atoms with Gasteiger partial charge in [0.1, 0.15) is 18.7 Å². The zero-order chi connectivity index (χ0) is 19.4. The predicted octanol–water partition coefficient (Wildman–Crippen LogP) is 2.42. The van der Waals surface area contributed by atoms with Gasteiger partial charge in [-0.3, -0.25) is 4.57 Å². The molecule has 0 atom stereocenters. The van der Waals surface area contributed by atoms with Crippen LogP contribution >= 0.6 is 0 Å². The van der Waals surface area contributed by atoms with Crippen molar-refractivity contribution in [2.45, 2.75) is 0 Å². The molecule has 6 rings (SSSR count). The Bertz CT molecular complexity index is 1240. The maximum Gasteiger partial charge on any atom is 0.192 e. The molecule has 0 unspecified atom stereocenters. The summed E-state index contributed by atoms with van der Waals surface area (Å²) in [6.45, 7) is 0.455. The second-order valence-corrected chi connectivity index (χ2v) is 6.69. The fourth-order valence-electron chi connectivity index (χ4n) is 3.72. The summed E-state index contributed by atoms with van der Waals surface area (Å²) in [7, 11) is 1.65. The van der Waals surface area contributed by atoms with Gasteiger partial charge in [-0.15, -0.1) is 5.10 Å². The summed E-state index contributed by atoms with van der Waals surface area (Å²) >= 11 is 0. The van der Waals surface area contributed by atoms with Crippen LogP contribution in [-0.2, 0) is 0 Å². The maximum atomic E-state index is 5.22. The van der Waals surface area contributed by atoms with E-state index >= 15 is 0 Å². The molecular formula is C20H16N8O. The first kappa shape index (κ1) is 15.9. The summed E-state index contributed by atoms with van der Waals surface area (Å²) in [5.74, 6) is 3.30. The summed E-state index contributed by atoms with van der Waals surface area (Å²) in [5, 5.41) is 12.7. The Balaban J connectivity index is 1.39. The molecule has 9 heteroatoms. The van der Waals surface area contributed by atoms with Gasteiger partial charge in [-0.05, 0) is 36.4 Å². The number of benzene rings is 2. The molecule has 2 aromatic carbocycles. The monoisotopic (exact) mass is 384 g/mol. The Morgan fingerprint density at radius 3 is 2.76 bits per heavy atom. The van der Waals surface area contributed by atoms with Crippen molar-refractivity contribution in [2.24, 2.45) is 4.99 Å². The van der Waals surface area contributed by atoms with E-state index in [1.807, 2.05) is 65.1 Å². The molecule has 0 saturated carbocycles. The number of para-hydroxylation sites is 1. The molecule has 0 radical (unpaired) electrons. The smallest absolute Gasteiger partial charge is 0.192 e. The number of rotatable bonds is 3. The summed E-state index contributed by atoms with van der Waals surface area (Å²) < 4.78 is 9.02. The lowest BCUT2D eigenvalue weighted by molar-refractivity contribution is 0.414. The van der Waals surface area contributed by atoms with Gasteiger partial charge in [-0.2, -0.15) is 0 Å². The topological polar surface area (TPSA) is 76.6 Å². The molecule has 0 saturated heterocycles. The molecular weight excluding hydrogens is 368 g/mol. The van der Waals surface area contributed by atoms with E-state index in [4.69, 9.17) is 9.73 Å². The molecule has 0 aliphatic carbocycles. The standard InChI is InChI=1S/C20H16N8O/c1-29-15-8-6-14(7-9-15)26-11-18(23-24-26)27-13-22-20-16-4-2-3-5-17(16)25-12-21-10-19(25)28(20)27/h2-12H,13H2,1H3. The highest BCUT2D eigenvalue weighted by atomic mass is 16.5. The molecule has 0 spiro atoms. The number of hydrogen-bond acceptors (Lipinski definition) is 7. The van der Waals surface area contributed by atoms with Crippen LogP contribution in [0.5, 0.6) is 5.75 Å². The number of hydrogen-bond donors (Lipinski definition) is 0. The van der Waals surface area contributed by atoms with Gasteiger partial charge in [0.05, 0.1) is 30.9 Å². The van der Waals surface area contributed by atoms with E-state index in [-0.39, 0.29) is 0 Å². The quantitative estimate of drug-likeness (QED) is 0.540. The lowest BCUT2D eigenvalue weighted by atomic mass is 10.1. The number of ether oxygens (including phenoxy) is 1. The number of aliphatic imine (C=N–C) groups is 1. The van der Waals surface area contributed by atoms with Gasteiger partial charge < -0.3 is 4.74 Å². The molecule has 142 valence electrons. The third-order valence-corrected chi connectivity index (χ3v) is 5.12. The van der Waals surface area contributed by atoms with Crippen molar-refractivity contribution in [3.05, 3.63) is 72.8 Å². The zero-order valence-electron chi connectivity index (χ0n) is 15.5. The summed E-state index contributed by atoms with van der Waals surface area (Å²) in [5.41, 5.74) is 3.03. The van der Waals surface area contributed by atoms with E-state index in [9.17, 15) is 0 Å². The van der Waals surface area contributed by atoms with Crippen LogP contribution in [0.15, 0.2) is 72.2 Å². The van der Waals surface area contributed by atoms with Gasteiger partial charge in [0.2, 0.25) is 0 Å². The second kappa shape index (κ2) is 5.93. The van der Waals surface area contributed by atoms with Crippen molar-refractivity contribution < 1.29 is 4.74 Å². The lowest BCUT2D eigenvalue weighted by Crippen LogP contribution is -2.45. The SMILES string of the molecule is COc1ccc(-n2cc(N3CN=C4c5ccccc5-n5cncc5N43)nn2)cc1. The second-order valence-electron chi connectivity index (χ2n) is 6.69. The van der Waals surface area contributed by atoms with Crippen molar-refractivity contribution in [3.8, 4) is 17.1 Å². The van der Waals surface area contributed by atoms with Gasteiger partial charge in [-0.1, -0.05) is 17.3 Å². The van der Waals surface area contributed by atoms with E-state index in [2.05, 4.69) is 32.0 Å². The van der Waals surface area contributed by atoms with Crippen molar-refractivity contribution in [3.63, 3.8) is 0 Å². The van der Waals surface area contributed by atoms with E-state index in [0.29, 0.717) is 12.5 Å². The van der Waals surface area contributed by atoms with Crippen LogP contribution in [0, 0.1) is 0 Å². The van der Waals surface area contributed by atoms with Crippen LogP contribution in [0.3, 0.4) is 0 Å². The molecule has 0 bridgehead atoms. The van der Waals surface area contributed by atoms with E-state index in [0.717, 1.165) is 34.3 Å². The normalized spacial score (nSPS) is 14.3. The Morgan fingerprint density at radius 2 is 1.90 bits per heavy atom. The number of fused-ring (bicyclic) bond motifs is 6. The summed E-state index contributed by atoms with van der Waals surface area (Å²) in [6, 6.07) is 15.9. The third kappa shape index (κ3) is 2.27. The van der Waals surface area contributed by atoms with Crippen LogP contribution in [0.2, 0.25) is 0 Å². The molecule has 2 aliphatic heterocycles. The first-order valence-electron chi connectivity index (χ1n) is 9.14. The Hall–Kier alpha value is -4.14. The number of aromatic nitrogens is 5. The molecule has 29 heavy (non-hydrogen) atoms. The Kier molecular flexibility index (Phi) is 3.25. The van der Waals surface area contributed by atoms with Crippen LogP contribution in [0.25, 0.3) is 11.4 Å². The van der Waals surface area contributed by atoms with Crippen LogP contribution in [0.4, 0.5) is 11.6 Å². The highest BCUT2D eigenvalue weighted by molar-refractivity contribution is 6.16. The zero-order valence-corrected chi connectivity index (χ0v) is 15.5. The number of methoxy groups -OCH3 is 1. The highest BCUT2D eigenvalue weighted by Crippen LogP contribution is 2.35. The van der Waals surface area contributed by atoms with Gasteiger partial charge in [0.15, 0.2) is 17.5 Å². The van der Waals surface area contributed by atoms with E-state index in [1.165, 1.54) is 0 Å². The van der Waals surface area contributed by atoms with E-state index < -0.39 is 0 Å². The average Bonchev–Trinajstić information content (AvgIpc) is 3.52. The minimum absolute atomic E-state index is 0.455. The highest BCUT2D eigenvalue weighted by Gasteiger charge is 2.37. The molecule has 0 fully saturated rings. The number of nitrogens with zero attached hydrogens (tertiary/aromatic N) is 8. The molecule has 4 heterocycles. The number of anilines is 2. The predicted molar refractivity (Wildman–Crippen MR) is 108 cm³/mol. The van der Waals surface area contributed by atoms with Gasteiger partial charge in [0, 0.05) is 5.56 Å². The average molecular weight is 384 g/mol. The van der Waals surface area contributed by atoms with Crippen molar-refractivity contribution in [1.29, 1.82) is 0 Å². The lowest BCUT2D eigenvalue weighted by Gasteiger charge is -2.33. The minimum Gasteiger partial charge on any atom is -0.497 e. The van der Waals surface area contributed by atoms with Crippen molar-refractivity contribution in [1.82, 2.24) is 24.5 Å². The first-order chi connectivity index (χ1) is 14.3. The van der Waals surface area contributed by atoms with Gasteiger partial charge >= 0.3 is 0 Å². The number of amidine groups is 1. The van der Waals surface area contributed by atoms with Crippen molar-refractivity contribution >= 4 is 17.5 Å². The largest absolute Gasteiger partial charge is 0.497 e. The van der Waals surface area contributed by atoms with Gasteiger partial charge in [-0.25, -0.2) is 24.7 Å². The van der Waals surface area contributed by atoms with E-state index in [1.54, 1.807) is 11.8 Å². The molecule has 0 amide bonds. The number of imidazole rings is 1. The summed E-state index contributed by atoms with van der Waals surface area (Å²) in [6.07, 6.45) is 5.54. The third-order valence-electron chi connectivity index (χ3n) is 5.12. The molecule has 2 aliphatic rings. The first-order valence-corrected chi connectivity index (χ1v) is 9.14. The fraction of sp³-hybridized carbons (Fsp3) is 0.100. The van der Waals surface area contributed by atoms with Crippen LogP contribution in [-0.4, -0.2) is 44.2 Å². The molecule has 0 N–H and O–H groups in total. The van der Waals surface area contributed by atoms with Crippen LogP contribution in [0.1, 0.15) is 5.56 Å². The Morgan fingerprint density at radius 1 is 1.03 bits per heavy atom. The fourth-order valence-corrected chi connectivity index (χ4v) is 3.72. The van der Waals surface area contributed by atoms with Crippen molar-refractivity contribution in [2.75, 3.05) is 23.8 Å². The number of hydrazine groups is 1. The molecule has 9 nitrogen and oxygen atoms in total. The Labute approximate surface area is 166 Å². The van der Waals surface area contributed by atoms with Gasteiger partial charge in [0.25, 0.3) is 0 Å². The maximum absolute atomic E-state index is 5.22. The van der Waals surface area contributed by atoms with Crippen LogP contribution < -0.4 is 14.8 Å².